The molecule has 6 heteroatoms. The van der Waals surface area contributed by atoms with Gasteiger partial charge in [-0.05, 0) is 18.6 Å². The molecular formula is C13H22F2N2OS. The van der Waals surface area contributed by atoms with Crippen LogP contribution < -0.4 is 5.32 Å². The lowest BCUT2D eigenvalue weighted by atomic mass is 10.1. The van der Waals surface area contributed by atoms with E-state index in [0.29, 0.717) is 18.3 Å². The maximum atomic E-state index is 13.2. The second-order valence-corrected chi connectivity index (χ2v) is 6.93. The van der Waals surface area contributed by atoms with Crippen LogP contribution in [-0.4, -0.2) is 53.4 Å². The standard InChI is InChI=1S/C13H22F2N2OS/c1-2-19-10-5-3-4-6-17(8-10)12(18)11-7-13(14,15)9-16-11/h10-11,16H,2-9H2,1H3. The van der Waals surface area contributed by atoms with Crippen LogP contribution in [0.4, 0.5) is 8.78 Å². The topological polar surface area (TPSA) is 32.3 Å². The van der Waals surface area contributed by atoms with Gasteiger partial charge in [-0.1, -0.05) is 13.3 Å². The zero-order valence-corrected chi connectivity index (χ0v) is 12.1. The van der Waals surface area contributed by atoms with Crippen molar-refractivity contribution in [3.63, 3.8) is 0 Å². The van der Waals surface area contributed by atoms with Crippen LogP contribution in [0.3, 0.4) is 0 Å². The lowest BCUT2D eigenvalue weighted by molar-refractivity contribution is -0.133. The SMILES string of the molecule is CCSC1CCCCN(C(=O)C2CC(F)(F)CN2)C1. The van der Waals surface area contributed by atoms with Crippen LogP contribution in [0.25, 0.3) is 0 Å². The number of likely N-dealkylation sites (tertiary alicyclic amines) is 1. The summed E-state index contributed by atoms with van der Waals surface area (Å²) in [6, 6.07) is -0.694. The molecule has 0 saturated carbocycles. The molecule has 0 aromatic heterocycles. The number of halogens is 2. The molecule has 0 aromatic carbocycles. The summed E-state index contributed by atoms with van der Waals surface area (Å²) in [5.41, 5.74) is 0. The van der Waals surface area contributed by atoms with E-state index < -0.39 is 12.0 Å². The molecule has 2 aliphatic heterocycles. The van der Waals surface area contributed by atoms with Crippen LogP contribution in [0.1, 0.15) is 32.6 Å². The van der Waals surface area contributed by atoms with Gasteiger partial charge in [-0.2, -0.15) is 11.8 Å². The van der Waals surface area contributed by atoms with Crippen LogP contribution >= 0.6 is 11.8 Å². The summed E-state index contributed by atoms with van der Waals surface area (Å²) in [7, 11) is 0. The highest BCUT2D eigenvalue weighted by Gasteiger charge is 2.43. The Morgan fingerprint density at radius 2 is 2.26 bits per heavy atom. The van der Waals surface area contributed by atoms with Gasteiger partial charge in [-0.25, -0.2) is 8.78 Å². The monoisotopic (exact) mass is 292 g/mol. The number of nitrogens with one attached hydrogen (secondary N) is 1. The molecule has 0 bridgehead atoms. The van der Waals surface area contributed by atoms with Gasteiger partial charge in [-0.3, -0.25) is 10.1 Å². The summed E-state index contributed by atoms with van der Waals surface area (Å²) in [6.45, 7) is 3.16. The van der Waals surface area contributed by atoms with Crippen LogP contribution in [0.15, 0.2) is 0 Å². The van der Waals surface area contributed by atoms with Crippen LogP contribution in [-0.2, 0) is 4.79 Å². The largest absolute Gasteiger partial charge is 0.340 e. The number of carbonyl (C=O) groups is 1. The molecule has 0 radical (unpaired) electrons. The fourth-order valence-electron chi connectivity index (χ4n) is 2.79. The molecule has 2 saturated heterocycles. The number of hydrogen-bond donors (Lipinski definition) is 1. The van der Waals surface area contributed by atoms with Gasteiger partial charge in [0.15, 0.2) is 0 Å². The van der Waals surface area contributed by atoms with E-state index >= 15 is 0 Å². The number of nitrogens with zero attached hydrogens (tertiary/aromatic N) is 1. The smallest absolute Gasteiger partial charge is 0.262 e. The second kappa shape index (κ2) is 6.39. The Labute approximate surface area is 117 Å². The van der Waals surface area contributed by atoms with E-state index in [-0.39, 0.29) is 18.9 Å². The third kappa shape index (κ3) is 4.05. The zero-order valence-electron chi connectivity index (χ0n) is 11.3. The van der Waals surface area contributed by atoms with E-state index in [2.05, 4.69) is 12.2 Å². The van der Waals surface area contributed by atoms with Gasteiger partial charge in [0.25, 0.3) is 5.92 Å². The van der Waals surface area contributed by atoms with Gasteiger partial charge in [0, 0.05) is 24.8 Å². The minimum absolute atomic E-state index is 0.138. The van der Waals surface area contributed by atoms with Gasteiger partial charge < -0.3 is 4.90 Å². The number of hydrogen-bond acceptors (Lipinski definition) is 3. The number of carbonyl (C=O) groups excluding carboxylic acids is 1. The maximum absolute atomic E-state index is 13.2. The average molecular weight is 292 g/mol. The van der Waals surface area contributed by atoms with E-state index in [1.807, 2.05) is 11.8 Å². The fraction of sp³-hybridized carbons (Fsp3) is 0.923. The molecule has 110 valence electrons. The number of alkyl halides is 2. The second-order valence-electron chi connectivity index (χ2n) is 5.35. The fourth-order valence-corrected chi connectivity index (χ4v) is 3.88. The Balaban J connectivity index is 1.93. The Bertz CT molecular complexity index is 328. The highest BCUT2D eigenvalue weighted by atomic mass is 32.2. The van der Waals surface area contributed by atoms with Crippen molar-refractivity contribution in [1.29, 1.82) is 0 Å². The maximum Gasteiger partial charge on any atom is 0.262 e. The Morgan fingerprint density at radius 3 is 2.89 bits per heavy atom. The molecule has 2 aliphatic rings. The average Bonchev–Trinajstić information content (AvgIpc) is 2.59. The van der Waals surface area contributed by atoms with E-state index in [1.165, 1.54) is 0 Å². The van der Waals surface area contributed by atoms with Crippen molar-refractivity contribution >= 4 is 17.7 Å². The highest BCUT2D eigenvalue weighted by Crippen LogP contribution is 2.28. The number of rotatable bonds is 3. The molecule has 1 amide bonds. The van der Waals surface area contributed by atoms with Crippen molar-refractivity contribution in [2.75, 3.05) is 25.4 Å². The highest BCUT2D eigenvalue weighted by molar-refractivity contribution is 7.99. The van der Waals surface area contributed by atoms with Crippen molar-refractivity contribution in [2.24, 2.45) is 0 Å². The van der Waals surface area contributed by atoms with Crippen LogP contribution in [0.5, 0.6) is 0 Å². The summed E-state index contributed by atoms with van der Waals surface area (Å²) in [5, 5.41) is 3.12. The Morgan fingerprint density at radius 1 is 1.47 bits per heavy atom. The van der Waals surface area contributed by atoms with Gasteiger partial charge in [0.1, 0.15) is 0 Å². The normalized spacial score (nSPS) is 31.2. The van der Waals surface area contributed by atoms with Crippen molar-refractivity contribution in [3.8, 4) is 0 Å². The van der Waals surface area contributed by atoms with E-state index in [4.69, 9.17) is 0 Å². The van der Waals surface area contributed by atoms with Crippen LogP contribution in [0.2, 0.25) is 0 Å². The molecule has 0 aliphatic carbocycles. The van der Waals surface area contributed by atoms with Crippen molar-refractivity contribution in [1.82, 2.24) is 10.2 Å². The predicted octanol–water partition coefficient (Wildman–Crippen LogP) is 2.12. The Kier molecular flexibility index (Phi) is 5.06. The number of thioether (sulfide) groups is 1. The third-order valence-corrected chi connectivity index (χ3v) is 4.94. The van der Waals surface area contributed by atoms with Crippen molar-refractivity contribution < 1.29 is 13.6 Å². The molecule has 0 aromatic rings. The first-order chi connectivity index (χ1) is 9.02. The summed E-state index contributed by atoms with van der Waals surface area (Å²) in [4.78, 5) is 14.1. The molecule has 2 rings (SSSR count). The van der Waals surface area contributed by atoms with Gasteiger partial charge in [0.2, 0.25) is 5.91 Å². The zero-order chi connectivity index (χ0) is 13.9. The lowest BCUT2D eigenvalue weighted by Gasteiger charge is -2.26. The summed E-state index contributed by atoms with van der Waals surface area (Å²) < 4.78 is 26.3. The first-order valence-electron chi connectivity index (χ1n) is 7.03. The van der Waals surface area contributed by atoms with E-state index in [0.717, 1.165) is 25.0 Å². The molecule has 2 fully saturated rings. The molecule has 2 atom stereocenters. The first kappa shape index (κ1) is 15.0. The van der Waals surface area contributed by atoms with Gasteiger partial charge in [-0.15, -0.1) is 0 Å². The summed E-state index contributed by atoms with van der Waals surface area (Å²) in [6.07, 6.45) is 2.87. The molecule has 2 unspecified atom stereocenters. The third-order valence-electron chi connectivity index (χ3n) is 3.75. The molecule has 1 N–H and O–H groups in total. The Hall–Kier alpha value is -0.360. The molecule has 19 heavy (non-hydrogen) atoms. The van der Waals surface area contributed by atoms with Crippen molar-refractivity contribution in [2.45, 2.75) is 49.8 Å². The first-order valence-corrected chi connectivity index (χ1v) is 8.08. The molecule has 0 spiro atoms. The summed E-state index contributed by atoms with van der Waals surface area (Å²) in [5.74, 6) is -1.84. The van der Waals surface area contributed by atoms with Gasteiger partial charge in [0.05, 0.1) is 12.6 Å². The summed E-state index contributed by atoms with van der Waals surface area (Å²) >= 11 is 1.87. The van der Waals surface area contributed by atoms with Crippen LogP contribution in [0, 0.1) is 0 Å². The molecule has 2 heterocycles. The number of amides is 1. The predicted molar refractivity (Wildman–Crippen MR) is 73.7 cm³/mol. The van der Waals surface area contributed by atoms with E-state index in [1.54, 1.807) is 4.90 Å². The molecular weight excluding hydrogens is 270 g/mol. The minimum atomic E-state index is -2.73. The lowest BCUT2D eigenvalue weighted by Crippen LogP contribution is -2.45. The van der Waals surface area contributed by atoms with E-state index in [9.17, 15) is 13.6 Å². The van der Waals surface area contributed by atoms with Crippen molar-refractivity contribution in [3.05, 3.63) is 0 Å². The molecule has 3 nitrogen and oxygen atoms in total. The van der Waals surface area contributed by atoms with Gasteiger partial charge >= 0.3 is 0 Å². The quantitative estimate of drug-likeness (QED) is 0.865. The minimum Gasteiger partial charge on any atom is -0.340 e.